The van der Waals surface area contributed by atoms with E-state index in [1.54, 1.807) is 38.7 Å². The van der Waals surface area contributed by atoms with Gasteiger partial charge in [0, 0.05) is 25.0 Å². The lowest BCUT2D eigenvalue weighted by molar-refractivity contribution is 0.311. The first-order valence-electron chi connectivity index (χ1n) is 7.57. The van der Waals surface area contributed by atoms with Crippen LogP contribution in [0.5, 0.6) is 11.5 Å². The van der Waals surface area contributed by atoms with Crippen LogP contribution < -0.4 is 20.1 Å². The lowest BCUT2D eigenvalue weighted by Gasteiger charge is -2.13. The number of rotatable bonds is 7. The Labute approximate surface area is 144 Å². The van der Waals surface area contributed by atoms with Crippen molar-refractivity contribution in [1.29, 1.82) is 0 Å². The minimum Gasteiger partial charge on any atom is -0.497 e. The fourth-order valence-corrected chi connectivity index (χ4v) is 2.24. The van der Waals surface area contributed by atoms with Gasteiger partial charge in [-0.1, -0.05) is 0 Å². The maximum Gasteiger partial charge on any atom is 0.231 e. The lowest BCUT2D eigenvalue weighted by atomic mass is 10.2. The minimum atomic E-state index is -0.0270. The highest BCUT2D eigenvalue weighted by molar-refractivity contribution is 5.83. The normalized spacial score (nSPS) is 10.5. The van der Waals surface area contributed by atoms with E-state index in [-0.39, 0.29) is 6.61 Å². The number of hydrogen-bond donors (Lipinski definition) is 3. The van der Waals surface area contributed by atoms with Gasteiger partial charge < -0.3 is 25.2 Å². The van der Waals surface area contributed by atoms with E-state index in [0.717, 1.165) is 0 Å². The molecule has 0 bridgehead atoms. The molecule has 130 valence electrons. The monoisotopic (exact) mass is 342 g/mol. The summed E-state index contributed by atoms with van der Waals surface area (Å²) in [6, 6.07) is 5.37. The average Bonchev–Trinajstić information content (AvgIpc) is 2.66. The van der Waals surface area contributed by atoms with E-state index in [0.29, 0.717) is 46.7 Å². The molecule has 0 aliphatic heterocycles. The molecule has 0 aliphatic rings. The first-order chi connectivity index (χ1) is 12.2. The maximum atomic E-state index is 9.04. The highest BCUT2D eigenvalue weighted by Crippen LogP contribution is 2.31. The van der Waals surface area contributed by atoms with Crippen LogP contribution >= 0.6 is 0 Å². The van der Waals surface area contributed by atoms with E-state index < -0.39 is 0 Å². The van der Waals surface area contributed by atoms with Gasteiger partial charge in [0.15, 0.2) is 17.0 Å². The van der Waals surface area contributed by atoms with Gasteiger partial charge in [-0.2, -0.15) is 9.97 Å². The first-order valence-corrected chi connectivity index (χ1v) is 7.57. The molecule has 2 heterocycles. The van der Waals surface area contributed by atoms with E-state index in [9.17, 15) is 0 Å². The molecule has 0 aliphatic carbocycles. The third-order valence-corrected chi connectivity index (χ3v) is 3.39. The van der Waals surface area contributed by atoms with Crippen LogP contribution in [0.2, 0.25) is 0 Å². The van der Waals surface area contributed by atoms with Crippen molar-refractivity contribution in [2.75, 3.05) is 38.0 Å². The second-order valence-corrected chi connectivity index (χ2v) is 4.97. The van der Waals surface area contributed by atoms with Gasteiger partial charge in [0.25, 0.3) is 0 Å². The summed E-state index contributed by atoms with van der Waals surface area (Å²) < 4.78 is 10.6. The smallest absolute Gasteiger partial charge is 0.231 e. The molecule has 0 saturated carbocycles. The van der Waals surface area contributed by atoms with Crippen LogP contribution in [0.15, 0.2) is 30.6 Å². The Hall–Kier alpha value is -3.20. The summed E-state index contributed by atoms with van der Waals surface area (Å²) in [5.41, 5.74) is 1.65. The molecule has 0 radical (unpaired) electrons. The number of fused-ring (bicyclic) bond motifs is 1. The largest absolute Gasteiger partial charge is 0.497 e. The molecule has 0 saturated heterocycles. The number of anilines is 3. The second kappa shape index (κ2) is 7.58. The van der Waals surface area contributed by atoms with Crippen molar-refractivity contribution in [2.24, 2.45) is 0 Å². The van der Waals surface area contributed by atoms with Gasteiger partial charge in [0.2, 0.25) is 5.95 Å². The fraction of sp³-hybridized carbons (Fsp3) is 0.250. The molecule has 0 spiro atoms. The van der Waals surface area contributed by atoms with E-state index in [2.05, 4.69) is 30.6 Å². The summed E-state index contributed by atoms with van der Waals surface area (Å²) in [6.45, 7) is 0.314. The van der Waals surface area contributed by atoms with Crippen LogP contribution in [-0.2, 0) is 0 Å². The summed E-state index contributed by atoms with van der Waals surface area (Å²) in [4.78, 5) is 17.2. The Kier molecular flexibility index (Phi) is 5.05. The van der Waals surface area contributed by atoms with Crippen molar-refractivity contribution in [3.63, 3.8) is 0 Å². The van der Waals surface area contributed by atoms with Crippen molar-refractivity contribution in [3.05, 3.63) is 30.6 Å². The molecular weight excluding hydrogens is 324 g/mol. The second-order valence-electron chi connectivity index (χ2n) is 4.97. The zero-order valence-corrected chi connectivity index (χ0v) is 13.9. The minimum absolute atomic E-state index is 0.0270. The SMILES string of the molecule is COc1ccc(Nc2nc(NCCO)c3nccnc3n2)c(OC)c1. The number of methoxy groups -OCH3 is 2. The molecule has 0 fully saturated rings. The molecular formula is C16H18N6O3. The van der Waals surface area contributed by atoms with Gasteiger partial charge in [-0.3, -0.25) is 0 Å². The number of benzene rings is 1. The molecule has 1 aromatic carbocycles. The molecule has 3 aromatic rings. The fourth-order valence-electron chi connectivity index (χ4n) is 2.24. The summed E-state index contributed by atoms with van der Waals surface area (Å²) in [5, 5.41) is 15.2. The van der Waals surface area contributed by atoms with Crippen molar-refractivity contribution in [2.45, 2.75) is 0 Å². The Bertz CT molecular complexity index is 874. The van der Waals surface area contributed by atoms with E-state index in [4.69, 9.17) is 14.6 Å². The molecule has 0 amide bonds. The van der Waals surface area contributed by atoms with Gasteiger partial charge in [-0.25, -0.2) is 9.97 Å². The van der Waals surface area contributed by atoms with Crippen LogP contribution in [0.3, 0.4) is 0 Å². The average molecular weight is 342 g/mol. The standard InChI is InChI=1S/C16H18N6O3/c1-24-10-3-4-11(12(9-10)25-2)20-16-21-14-13(17-5-6-18-14)15(22-16)19-7-8-23/h3-6,9,23H,7-8H2,1-2H3,(H2,18,19,20,21,22). The van der Waals surface area contributed by atoms with E-state index in [1.807, 2.05) is 6.07 Å². The molecule has 2 aromatic heterocycles. The van der Waals surface area contributed by atoms with Crippen LogP contribution in [-0.4, -0.2) is 52.4 Å². The third-order valence-electron chi connectivity index (χ3n) is 3.39. The Morgan fingerprint density at radius 2 is 1.92 bits per heavy atom. The molecule has 0 atom stereocenters. The van der Waals surface area contributed by atoms with Crippen LogP contribution in [0.4, 0.5) is 17.5 Å². The van der Waals surface area contributed by atoms with Crippen molar-refractivity contribution in [3.8, 4) is 11.5 Å². The maximum absolute atomic E-state index is 9.04. The predicted octanol–water partition coefficient (Wildman–Crippen LogP) is 1.58. The first kappa shape index (κ1) is 16.7. The predicted molar refractivity (Wildman–Crippen MR) is 93.5 cm³/mol. The molecule has 3 rings (SSSR count). The summed E-state index contributed by atoms with van der Waals surface area (Å²) >= 11 is 0. The quantitative estimate of drug-likeness (QED) is 0.588. The third kappa shape index (κ3) is 3.66. The van der Waals surface area contributed by atoms with E-state index >= 15 is 0 Å². The molecule has 9 heteroatoms. The van der Waals surface area contributed by atoms with Crippen LogP contribution in [0, 0.1) is 0 Å². The highest BCUT2D eigenvalue weighted by atomic mass is 16.5. The summed E-state index contributed by atoms with van der Waals surface area (Å²) in [6.07, 6.45) is 3.12. The number of aliphatic hydroxyl groups excluding tert-OH is 1. The van der Waals surface area contributed by atoms with Crippen LogP contribution in [0.1, 0.15) is 0 Å². The van der Waals surface area contributed by atoms with Gasteiger partial charge >= 0.3 is 0 Å². The number of nitrogens with zero attached hydrogens (tertiary/aromatic N) is 4. The van der Waals surface area contributed by atoms with Gasteiger partial charge in [0.05, 0.1) is 26.5 Å². The molecule has 0 unspecified atom stereocenters. The number of ether oxygens (including phenoxy) is 2. The topological polar surface area (TPSA) is 114 Å². The zero-order valence-electron chi connectivity index (χ0n) is 13.9. The molecule has 9 nitrogen and oxygen atoms in total. The Morgan fingerprint density at radius 3 is 2.68 bits per heavy atom. The Balaban J connectivity index is 1.98. The molecule has 25 heavy (non-hydrogen) atoms. The van der Waals surface area contributed by atoms with Gasteiger partial charge in [-0.15, -0.1) is 0 Å². The summed E-state index contributed by atoms with van der Waals surface area (Å²) in [5.74, 6) is 2.09. The zero-order chi connectivity index (χ0) is 17.6. The van der Waals surface area contributed by atoms with Gasteiger partial charge in [0.1, 0.15) is 11.5 Å². The number of aliphatic hydroxyl groups is 1. The number of hydrogen-bond acceptors (Lipinski definition) is 9. The van der Waals surface area contributed by atoms with E-state index in [1.165, 1.54) is 0 Å². The molecule has 3 N–H and O–H groups in total. The summed E-state index contributed by atoms with van der Waals surface area (Å²) in [7, 11) is 3.16. The van der Waals surface area contributed by atoms with Crippen molar-refractivity contribution >= 4 is 28.6 Å². The number of nitrogens with one attached hydrogen (secondary N) is 2. The lowest BCUT2D eigenvalue weighted by Crippen LogP contribution is -2.10. The van der Waals surface area contributed by atoms with Crippen molar-refractivity contribution < 1.29 is 14.6 Å². The Morgan fingerprint density at radius 1 is 1.08 bits per heavy atom. The van der Waals surface area contributed by atoms with Crippen LogP contribution in [0.25, 0.3) is 11.2 Å². The van der Waals surface area contributed by atoms with Gasteiger partial charge in [-0.05, 0) is 12.1 Å². The highest BCUT2D eigenvalue weighted by Gasteiger charge is 2.12. The van der Waals surface area contributed by atoms with Crippen molar-refractivity contribution in [1.82, 2.24) is 19.9 Å². The number of aromatic nitrogens is 4.